The van der Waals surface area contributed by atoms with Crippen molar-refractivity contribution in [2.75, 3.05) is 11.9 Å². The molecule has 1 fully saturated rings. The number of benzene rings is 1. The largest absolute Gasteiger partial charge is 0.508 e. The second-order valence-corrected chi connectivity index (χ2v) is 4.72. The molecule has 18 heavy (non-hydrogen) atoms. The number of phenolic OH excluding ortho intramolecular Hbond substituents is 1. The van der Waals surface area contributed by atoms with E-state index < -0.39 is 0 Å². The van der Waals surface area contributed by atoms with Crippen LogP contribution in [0.5, 0.6) is 5.75 Å². The van der Waals surface area contributed by atoms with Gasteiger partial charge in [0.2, 0.25) is 5.91 Å². The van der Waals surface area contributed by atoms with Gasteiger partial charge < -0.3 is 15.2 Å². The van der Waals surface area contributed by atoms with E-state index in [1.54, 1.807) is 24.3 Å². The minimum atomic E-state index is 0.000508. The van der Waals surface area contributed by atoms with Crippen LogP contribution in [-0.2, 0) is 9.53 Å². The van der Waals surface area contributed by atoms with Crippen LogP contribution in [0.1, 0.15) is 26.2 Å². The summed E-state index contributed by atoms with van der Waals surface area (Å²) in [5, 5.41) is 12.1. The highest BCUT2D eigenvalue weighted by molar-refractivity contribution is 5.91. The molecule has 1 aromatic carbocycles. The van der Waals surface area contributed by atoms with Crippen molar-refractivity contribution in [2.45, 2.75) is 32.3 Å². The van der Waals surface area contributed by atoms with Crippen LogP contribution in [-0.4, -0.2) is 23.7 Å². The van der Waals surface area contributed by atoms with Crippen LogP contribution >= 0.6 is 0 Å². The molecule has 0 unspecified atom stereocenters. The Balaban J connectivity index is 1.73. The fraction of sp³-hybridized carbons (Fsp3) is 0.500. The molecule has 1 aliphatic carbocycles. The van der Waals surface area contributed by atoms with Crippen LogP contribution in [0.2, 0.25) is 0 Å². The molecule has 1 amide bonds. The predicted molar refractivity (Wildman–Crippen MR) is 69.5 cm³/mol. The van der Waals surface area contributed by atoms with Gasteiger partial charge >= 0.3 is 0 Å². The van der Waals surface area contributed by atoms with Crippen molar-refractivity contribution in [1.29, 1.82) is 0 Å². The topological polar surface area (TPSA) is 58.6 Å². The van der Waals surface area contributed by atoms with E-state index in [0.717, 1.165) is 19.4 Å². The molecule has 0 spiro atoms. The number of hydrogen-bond acceptors (Lipinski definition) is 3. The van der Waals surface area contributed by atoms with Gasteiger partial charge in [0.05, 0.1) is 6.10 Å². The highest BCUT2D eigenvalue weighted by Crippen LogP contribution is 2.32. The van der Waals surface area contributed by atoms with Crippen molar-refractivity contribution in [1.82, 2.24) is 0 Å². The molecule has 4 heteroatoms. The number of anilines is 1. The number of carbonyl (C=O) groups is 1. The molecule has 0 heterocycles. The first-order chi connectivity index (χ1) is 8.67. The fourth-order valence-corrected chi connectivity index (χ4v) is 2.27. The first-order valence-electron chi connectivity index (χ1n) is 6.38. The summed E-state index contributed by atoms with van der Waals surface area (Å²) in [4.78, 5) is 11.8. The second kappa shape index (κ2) is 5.87. The summed E-state index contributed by atoms with van der Waals surface area (Å²) in [7, 11) is 0. The van der Waals surface area contributed by atoms with Crippen LogP contribution in [0.25, 0.3) is 0 Å². The Morgan fingerprint density at radius 2 is 2.28 bits per heavy atom. The molecular formula is C14H19NO3. The van der Waals surface area contributed by atoms with Crippen LogP contribution in [0.4, 0.5) is 5.69 Å². The van der Waals surface area contributed by atoms with E-state index in [1.165, 1.54) is 0 Å². The van der Waals surface area contributed by atoms with Crippen molar-refractivity contribution in [3.05, 3.63) is 24.3 Å². The van der Waals surface area contributed by atoms with E-state index in [4.69, 9.17) is 4.74 Å². The first-order valence-corrected chi connectivity index (χ1v) is 6.38. The lowest BCUT2D eigenvalue weighted by Crippen LogP contribution is -2.33. The molecule has 98 valence electrons. The summed E-state index contributed by atoms with van der Waals surface area (Å²) in [6.45, 7) is 2.73. The monoisotopic (exact) mass is 249 g/mol. The first kappa shape index (κ1) is 12.9. The Morgan fingerprint density at radius 3 is 2.94 bits per heavy atom. The summed E-state index contributed by atoms with van der Waals surface area (Å²) in [5.74, 6) is 0.590. The number of hydrogen-bond donors (Lipinski definition) is 2. The van der Waals surface area contributed by atoms with E-state index in [-0.39, 0.29) is 11.7 Å². The number of rotatable bonds is 5. The van der Waals surface area contributed by atoms with Crippen molar-refractivity contribution < 1.29 is 14.6 Å². The van der Waals surface area contributed by atoms with Gasteiger partial charge in [-0.1, -0.05) is 6.07 Å². The molecule has 0 atom stereocenters. The van der Waals surface area contributed by atoms with E-state index in [0.29, 0.717) is 24.1 Å². The standard InChI is InChI=1S/C14H19NO3/c1-2-18-13-6-10(7-13)8-14(17)15-11-4-3-5-12(16)9-11/h3-5,9-10,13,16H,2,6-8H2,1H3,(H,15,17). The molecule has 0 aliphatic heterocycles. The minimum Gasteiger partial charge on any atom is -0.508 e. The van der Waals surface area contributed by atoms with E-state index in [1.807, 2.05) is 6.92 Å². The molecule has 1 aliphatic rings. The average Bonchev–Trinajstić information content (AvgIpc) is 2.26. The van der Waals surface area contributed by atoms with Crippen LogP contribution in [0, 0.1) is 5.92 Å². The predicted octanol–water partition coefficient (Wildman–Crippen LogP) is 2.54. The Bertz CT molecular complexity index is 413. The second-order valence-electron chi connectivity index (χ2n) is 4.72. The number of nitrogens with one attached hydrogen (secondary N) is 1. The molecule has 0 aromatic heterocycles. The zero-order chi connectivity index (χ0) is 13.0. The zero-order valence-electron chi connectivity index (χ0n) is 10.6. The molecule has 1 aromatic rings. The molecule has 2 N–H and O–H groups in total. The van der Waals surface area contributed by atoms with Crippen LogP contribution < -0.4 is 5.32 Å². The highest BCUT2D eigenvalue weighted by atomic mass is 16.5. The van der Waals surface area contributed by atoms with Gasteiger partial charge in [0, 0.05) is 24.8 Å². The molecule has 4 nitrogen and oxygen atoms in total. The van der Waals surface area contributed by atoms with Gasteiger partial charge in [-0.2, -0.15) is 0 Å². The number of amides is 1. The van der Waals surface area contributed by atoms with Crippen molar-refractivity contribution in [3.8, 4) is 5.75 Å². The maximum Gasteiger partial charge on any atom is 0.224 e. The molecule has 2 rings (SSSR count). The lowest BCUT2D eigenvalue weighted by atomic mass is 9.80. The number of carbonyl (C=O) groups excluding carboxylic acids is 1. The van der Waals surface area contributed by atoms with Crippen molar-refractivity contribution >= 4 is 11.6 Å². The third-order valence-corrected chi connectivity index (χ3v) is 3.20. The minimum absolute atomic E-state index is 0.000508. The number of aromatic hydroxyl groups is 1. The Hall–Kier alpha value is -1.55. The summed E-state index contributed by atoms with van der Waals surface area (Å²) in [6, 6.07) is 6.59. The van der Waals surface area contributed by atoms with Gasteiger partial charge in [0.25, 0.3) is 0 Å². The van der Waals surface area contributed by atoms with E-state index >= 15 is 0 Å². The van der Waals surface area contributed by atoms with Crippen molar-refractivity contribution in [2.24, 2.45) is 5.92 Å². The van der Waals surface area contributed by atoms with Gasteiger partial charge in [0.15, 0.2) is 0 Å². The van der Waals surface area contributed by atoms with E-state index in [9.17, 15) is 9.90 Å². The maximum absolute atomic E-state index is 11.8. The molecule has 1 saturated carbocycles. The lowest BCUT2D eigenvalue weighted by Gasteiger charge is -2.34. The SMILES string of the molecule is CCOC1CC(CC(=O)Nc2cccc(O)c2)C1. The highest BCUT2D eigenvalue weighted by Gasteiger charge is 2.30. The average molecular weight is 249 g/mol. The number of ether oxygens (including phenoxy) is 1. The summed E-state index contributed by atoms with van der Waals surface area (Å²) in [6.07, 6.45) is 2.82. The van der Waals surface area contributed by atoms with Gasteiger partial charge in [-0.3, -0.25) is 4.79 Å². The maximum atomic E-state index is 11.8. The quantitative estimate of drug-likeness (QED) is 0.843. The van der Waals surface area contributed by atoms with Crippen molar-refractivity contribution in [3.63, 3.8) is 0 Å². The smallest absolute Gasteiger partial charge is 0.224 e. The summed E-state index contributed by atoms with van der Waals surface area (Å²) < 4.78 is 5.46. The fourth-order valence-electron chi connectivity index (χ4n) is 2.27. The molecule has 0 saturated heterocycles. The lowest BCUT2D eigenvalue weighted by molar-refractivity contribution is -0.119. The van der Waals surface area contributed by atoms with Gasteiger partial charge in [-0.05, 0) is 37.8 Å². The Labute approximate surface area is 107 Å². The third kappa shape index (κ3) is 3.47. The van der Waals surface area contributed by atoms with Crippen LogP contribution in [0.3, 0.4) is 0 Å². The summed E-state index contributed by atoms with van der Waals surface area (Å²) in [5.41, 5.74) is 0.640. The summed E-state index contributed by atoms with van der Waals surface area (Å²) >= 11 is 0. The molecular weight excluding hydrogens is 230 g/mol. The number of phenols is 1. The molecule has 0 radical (unpaired) electrons. The van der Waals surface area contributed by atoms with Gasteiger partial charge in [0.1, 0.15) is 5.75 Å². The Kier molecular flexibility index (Phi) is 4.20. The van der Waals surface area contributed by atoms with Gasteiger partial charge in [-0.25, -0.2) is 0 Å². The normalized spacial score (nSPS) is 22.3. The Morgan fingerprint density at radius 1 is 1.50 bits per heavy atom. The molecule has 0 bridgehead atoms. The van der Waals surface area contributed by atoms with Gasteiger partial charge in [-0.15, -0.1) is 0 Å². The van der Waals surface area contributed by atoms with Crippen LogP contribution in [0.15, 0.2) is 24.3 Å². The third-order valence-electron chi connectivity index (χ3n) is 3.20. The van der Waals surface area contributed by atoms with E-state index in [2.05, 4.69) is 5.32 Å². The zero-order valence-corrected chi connectivity index (χ0v) is 10.6.